The molecule has 9 nitrogen and oxygen atoms in total. The number of hydrogen-bond donors (Lipinski definition) is 1. The highest BCUT2D eigenvalue weighted by atomic mass is 79.9. The molecular weight excluding hydrogens is 452 g/mol. The molecule has 0 aliphatic carbocycles. The van der Waals surface area contributed by atoms with Gasteiger partial charge in [-0.25, -0.2) is 0 Å². The second-order valence-electron chi connectivity index (χ2n) is 7.07. The molecule has 0 radical (unpaired) electrons. The van der Waals surface area contributed by atoms with Gasteiger partial charge in [-0.1, -0.05) is 12.1 Å². The number of nitro groups is 1. The Bertz CT molecular complexity index is 1070. The molecular formula is C20H23BrN6O3. The summed E-state index contributed by atoms with van der Waals surface area (Å²) < 4.78 is 4.41. The summed E-state index contributed by atoms with van der Waals surface area (Å²) in [5, 5.41) is 22.7. The molecule has 2 aromatic heterocycles. The van der Waals surface area contributed by atoms with Gasteiger partial charge in [-0.05, 0) is 60.8 Å². The lowest BCUT2D eigenvalue weighted by molar-refractivity contribution is -0.386. The first kappa shape index (κ1) is 21.7. The summed E-state index contributed by atoms with van der Waals surface area (Å²) in [6.45, 7) is 6.82. The normalized spacial score (nSPS) is 10.9. The van der Waals surface area contributed by atoms with E-state index in [0.29, 0.717) is 36.6 Å². The van der Waals surface area contributed by atoms with Crippen molar-refractivity contribution in [2.24, 2.45) is 0 Å². The zero-order chi connectivity index (χ0) is 21.8. The number of carbonyl (C=O) groups excluding carboxylic acids is 1. The SMILES string of the molecule is Cc1nn(CCCNC(=O)c2cccc(Cn3nc(C)c([N+](=O)[O-])c3C)c2)cc1Br. The van der Waals surface area contributed by atoms with Crippen molar-refractivity contribution in [2.45, 2.75) is 40.3 Å². The van der Waals surface area contributed by atoms with Crippen LogP contribution in [0.25, 0.3) is 0 Å². The highest BCUT2D eigenvalue weighted by Crippen LogP contribution is 2.22. The number of rotatable bonds is 8. The quantitative estimate of drug-likeness (QED) is 0.305. The monoisotopic (exact) mass is 474 g/mol. The Labute approximate surface area is 182 Å². The topological polar surface area (TPSA) is 108 Å². The fraction of sp³-hybridized carbons (Fsp3) is 0.350. The summed E-state index contributed by atoms with van der Waals surface area (Å²) in [7, 11) is 0. The summed E-state index contributed by atoms with van der Waals surface area (Å²) >= 11 is 3.43. The molecule has 2 heterocycles. The van der Waals surface area contributed by atoms with Crippen LogP contribution in [0.3, 0.4) is 0 Å². The zero-order valence-electron chi connectivity index (χ0n) is 17.1. The number of aromatic nitrogens is 4. The third-order valence-corrected chi connectivity index (χ3v) is 5.56. The second-order valence-corrected chi connectivity index (χ2v) is 7.92. The first-order valence-electron chi connectivity index (χ1n) is 9.51. The number of benzene rings is 1. The number of halogens is 1. The number of carbonyl (C=O) groups is 1. The van der Waals surface area contributed by atoms with E-state index in [1.807, 2.05) is 23.9 Å². The van der Waals surface area contributed by atoms with Gasteiger partial charge in [0.2, 0.25) is 0 Å². The molecule has 0 atom stereocenters. The Hall–Kier alpha value is -3.01. The van der Waals surface area contributed by atoms with Crippen molar-refractivity contribution in [3.8, 4) is 0 Å². The van der Waals surface area contributed by atoms with E-state index >= 15 is 0 Å². The summed E-state index contributed by atoms with van der Waals surface area (Å²) in [6.07, 6.45) is 2.68. The van der Waals surface area contributed by atoms with E-state index < -0.39 is 4.92 Å². The number of hydrogen-bond acceptors (Lipinski definition) is 5. The predicted octanol–water partition coefficient (Wildman–Crippen LogP) is 3.54. The van der Waals surface area contributed by atoms with E-state index in [1.54, 1.807) is 36.7 Å². The Morgan fingerprint density at radius 2 is 2.00 bits per heavy atom. The molecule has 3 rings (SSSR count). The van der Waals surface area contributed by atoms with Gasteiger partial charge in [-0.15, -0.1) is 0 Å². The molecule has 1 amide bonds. The number of nitrogens with one attached hydrogen (secondary N) is 1. The van der Waals surface area contributed by atoms with Crippen LogP contribution in [-0.4, -0.2) is 36.9 Å². The summed E-state index contributed by atoms with van der Waals surface area (Å²) in [5.74, 6) is -0.158. The van der Waals surface area contributed by atoms with E-state index in [4.69, 9.17) is 0 Å². The first-order valence-corrected chi connectivity index (χ1v) is 10.3. The van der Waals surface area contributed by atoms with Crippen molar-refractivity contribution in [1.29, 1.82) is 0 Å². The third kappa shape index (κ3) is 4.93. The molecule has 0 fully saturated rings. The molecule has 30 heavy (non-hydrogen) atoms. The largest absolute Gasteiger partial charge is 0.352 e. The predicted molar refractivity (Wildman–Crippen MR) is 116 cm³/mol. The van der Waals surface area contributed by atoms with Crippen LogP contribution >= 0.6 is 15.9 Å². The van der Waals surface area contributed by atoms with E-state index in [0.717, 1.165) is 22.2 Å². The molecule has 10 heteroatoms. The van der Waals surface area contributed by atoms with Crippen LogP contribution in [0.1, 0.15) is 39.4 Å². The smallest absolute Gasteiger partial charge is 0.312 e. The van der Waals surface area contributed by atoms with Crippen molar-refractivity contribution in [1.82, 2.24) is 24.9 Å². The van der Waals surface area contributed by atoms with E-state index in [-0.39, 0.29) is 11.6 Å². The van der Waals surface area contributed by atoms with Gasteiger partial charge in [0.15, 0.2) is 0 Å². The van der Waals surface area contributed by atoms with E-state index in [9.17, 15) is 14.9 Å². The lowest BCUT2D eigenvalue weighted by Gasteiger charge is -2.08. The molecule has 1 N–H and O–H groups in total. The van der Waals surface area contributed by atoms with Crippen LogP contribution in [0.5, 0.6) is 0 Å². The van der Waals surface area contributed by atoms with Crippen LogP contribution in [0.15, 0.2) is 34.9 Å². The van der Waals surface area contributed by atoms with Gasteiger partial charge >= 0.3 is 5.69 Å². The summed E-state index contributed by atoms with van der Waals surface area (Å²) in [5.41, 5.74) is 3.23. The number of aryl methyl sites for hydroxylation is 3. The Kier molecular flexibility index (Phi) is 6.66. The average Bonchev–Trinajstić information content (AvgIpc) is 3.16. The lowest BCUT2D eigenvalue weighted by atomic mass is 10.1. The molecule has 158 valence electrons. The van der Waals surface area contributed by atoms with E-state index in [2.05, 4.69) is 31.4 Å². The second kappa shape index (κ2) is 9.21. The van der Waals surface area contributed by atoms with E-state index in [1.165, 1.54) is 0 Å². The van der Waals surface area contributed by atoms with Gasteiger partial charge < -0.3 is 5.32 Å². The molecule has 0 saturated carbocycles. The summed E-state index contributed by atoms with van der Waals surface area (Å²) in [6, 6.07) is 7.20. The Morgan fingerprint density at radius 1 is 1.23 bits per heavy atom. The van der Waals surface area contributed by atoms with Crippen molar-refractivity contribution in [3.05, 3.63) is 73.3 Å². The van der Waals surface area contributed by atoms with Crippen LogP contribution < -0.4 is 5.32 Å². The minimum Gasteiger partial charge on any atom is -0.352 e. The average molecular weight is 475 g/mol. The molecule has 0 saturated heterocycles. The molecule has 0 unspecified atom stereocenters. The maximum Gasteiger partial charge on any atom is 0.312 e. The maximum atomic E-state index is 12.5. The standard InChI is InChI=1S/C20H23BrN6O3/c1-13-18(21)12-25(23-13)9-5-8-22-20(28)17-7-4-6-16(10-17)11-26-15(3)19(27(29)30)14(2)24-26/h4,6-7,10,12H,5,8-9,11H2,1-3H3,(H,22,28). The minimum absolute atomic E-state index is 0.0308. The maximum absolute atomic E-state index is 12.5. The van der Waals surface area contributed by atoms with Crippen molar-refractivity contribution < 1.29 is 9.72 Å². The lowest BCUT2D eigenvalue weighted by Crippen LogP contribution is -2.25. The molecule has 0 spiro atoms. The fourth-order valence-corrected chi connectivity index (χ4v) is 3.56. The Balaban J connectivity index is 1.59. The molecule has 0 aliphatic heterocycles. The van der Waals surface area contributed by atoms with Crippen molar-refractivity contribution in [2.75, 3.05) is 6.54 Å². The third-order valence-electron chi connectivity index (χ3n) is 4.78. The number of amides is 1. The van der Waals surface area contributed by atoms with Crippen LogP contribution in [-0.2, 0) is 13.1 Å². The fourth-order valence-electron chi connectivity index (χ4n) is 3.24. The van der Waals surface area contributed by atoms with Crippen molar-refractivity contribution >= 4 is 27.5 Å². The van der Waals surface area contributed by atoms with Crippen LogP contribution in [0, 0.1) is 30.9 Å². The molecule has 1 aromatic carbocycles. The zero-order valence-corrected chi connectivity index (χ0v) is 18.6. The summed E-state index contributed by atoms with van der Waals surface area (Å²) in [4.78, 5) is 23.2. The molecule has 3 aromatic rings. The van der Waals surface area contributed by atoms with Crippen molar-refractivity contribution in [3.63, 3.8) is 0 Å². The highest BCUT2D eigenvalue weighted by Gasteiger charge is 2.21. The van der Waals surface area contributed by atoms with Gasteiger partial charge in [0.1, 0.15) is 11.4 Å². The Morgan fingerprint density at radius 3 is 2.63 bits per heavy atom. The van der Waals surface area contributed by atoms with Gasteiger partial charge in [0.05, 0.1) is 21.6 Å². The first-order chi connectivity index (χ1) is 14.3. The molecule has 0 bridgehead atoms. The highest BCUT2D eigenvalue weighted by molar-refractivity contribution is 9.10. The van der Waals surface area contributed by atoms with Gasteiger partial charge in [0, 0.05) is 24.8 Å². The van der Waals surface area contributed by atoms with Crippen LogP contribution in [0.2, 0.25) is 0 Å². The number of nitrogens with zero attached hydrogens (tertiary/aromatic N) is 5. The van der Waals surface area contributed by atoms with Crippen LogP contribution in [0.4, 0.5) is 5.69 Å². The van der Waals surface area contributed by atoms with Gasteiger partial charge in [0.25, 0.3) is 5.91 Å². The molecule has 0 aliphatic rings. The van der Waals surface area contributed by atoms with Gasteiger partial charge in [-0.3, -0.25) is 24.3 Å². The minimum atomic E-state index is -0.415. The van der Waals surface area contributed by atoms with Gasteiger partial charge in [-0.2, -0.15) is 10.2 Å².